The fourth-order valence-corrected chi connectivity index (χ4v) is 4.84. The van der Waals surface area contributed by atoms with Gasteiger partial charge in [-0.15, -0.1) is 0 Å². The number of rotatable bonds is 4. The number of ketones is 1. The number of amides is 1. The van der Waals surface area contributed by atoms with Crippen molar-refractivity contribution in [2.24, 2.45) is 7.05 Å². The maximum Gasteiger partial charge on any atom is 0.255 e. The van der Waals surface area contributed by atoms with Crippen LogP contribution in [0.25, 0.3) is 0 Å². The molecule has 2 N–H and O–H groups in total. The van der Waals surface area contributed by atoms with Crippen molar-refractivity contribution < 1.29 is 9.59 Å². The smallest absolute Gasteiger partial charge is 0.255 e. The molecule has 0 saturated carbocycles. The lowest BCUT2D eigenvalue weighted by Gasteiger charge is -2.36. The normalized spacial score (nSPS) is 20.4. The molecule has 1 aromatic carbocycles. The van der Waals surface area contributed by atoms with Crippen LogP contribution in [0.1, 0.15) is 42.7 Å². The van der Waals surface area contributed by atoms with Crippen molar-refractivity contribution in [1.82, 2.24) is 20.1 Å². The van der Waals surface area contributed by atoms with Gasteiger partial charge in [0, 0.05) is 59.9 Å². The van der Waals surface area contributed by atoms with Crippen molar-refractivity contribution in [2.45, 2.75) is 31.6 Å². The number of allylic oxidation sites excluding steroid dienone is 3. The Morgan fingerprint density at radius 3 is 2.58 bits per heavy atom. The van der Waals surface area contributed by atoms with Gasteiger partial charge < -0.3 is 10.6 Å². The Bertz CT molecular complexity index is 1270. The first-order chi connectivity index (χ1) is 16.0. The summed E-state index contributed by atoms with van der Waals surface area (Å²) in [6.07, 6.45) is 6.37. The minimum Gasteiger partial charge on any atom is -0.362 e. The molecule has 0 fully saturated rings. The van der Waals surface area contributed by atoms with Crippen LogP contribution in [0.2, 0.25) is 0 Å². The van der Waals surface area contributed by atoms with Crippen LogP contribution in [-0.2, 0) is 16.6 Å². The van der Waals surface area contributed by atoms with E-state index < -0.39 is 5.92 Å². The summed E-state index contributed by atoms with van der Waals surface area (Å²) in [6.45, 7) is 1.89. The quantitative estimate of drug-likeness (QED) is 0.645. The molecule has 2 atom stereocenters. The number of benzene rings is 1. The van der Waals surface area contributed by atoms with Gasteiger partial charge >= 0.3 is 0 Å². The molecule has 2 aromatic heterocycles. The fraction of sp³-hybridized carbons (Fsp3) is 0.231. The van der Waals surface area contributed by atoms with Crippen LogP contribution >= 0.6 is 0 Å². The Kier molecular flexibility index (Phi) is 5.38. The van der Waals surface area contributed by atoms with Crippen molar-refractivity contribution >= 4 is 17.5 Å². The number of carbonyl (C=O) groups excluding carboxylic acids is 2. The Hall–Kier alpha value is -4.00. The highest BCUT2D eigenvalue weighted by Gasteiger charge is 2.41. The first kappa shape index (κ1) is 20.9. The summed E-state index contributed by atoms with van der Waals surface area (Å²) in [5, 5.41) is 10.6. The second kappa shape index (κ2) is 8.50. The summed E-state index contributed by atoms with van der Waals surface area (Å²) in [6, 6.07) is 15.5. The van der Waals surface area contributed by atoms with Crippen LogP contribution in [0.15, 0.2) is 89.7 Å². The Labute approximate surface area is 192 Å². The van der Waals surface area contributed by atoms with Crippen molar-refractivity contribution in [3.8, 4) is 0 Å². The van der Waals surface area contributed by atoms with Crippen molar-refractivity contribution in [2.75, 3.05) is 5.32 Å². The van der Waals surface area contributed by atoms with Crippen molar-refractivity contribution in [3.05, 3.63) is 101 Å². The Morgan fingerprint density at radius 1 is 1.09 bits per heavy atom. The first-order valence-corrected chi connectivity index (χ1v) is 11.0. The van der Waals surface area contributed by atoms with E-state index in [1.807, 2.05) is 44.4 Å². The van der Waals surface area contributed by atoms with E-state index in [0.717, 1.165) is 22.5 Å². The molecule has 0 spiro atoms. The molecule has 0 bridgehead atoms. The number of anilines is 1. The maximum atomic E-state index is 13.5. The van der Waals surface area contributed by atoms with Crippen molar-refractivity contribution in [3.63, 3.8) is 0 Å². The van der Waals surface area contributed by atoms with Gasteiger partial charge in [0.1, 0.15) is 5.82 Å². The number of hydrogen-bond donors (Lipinski definition) is 2. The monoisotopic (exact) mass is 439 g/mol. The molecule has 33 heavy (non-hydrogen) atoms. The molecule has 1 aliphatic carbocycles. The number of dihydropyridines is 1. The lowest BCUT2D eigenvalue weighted by molar-refractivity contribution is -0.116. The number of hydrogen-bond acceptors (Lipinski definition) is 5. The summed E-state index contributed by atoms with van der Waals surface area (Å²) in [5.74, 6) is -0.134. The molecule has 1 amide bonds. The Balaban J connectivity index is 1.55. The molecular weight excluding hydrogens is 414 g/mol. The Morgan fingerprint density at radius 2 is 1.88 bits per heavy atom. The zero-order valence-electron chi connectivity index (χ0n) is 18.6. The highest BCUT2D eigenvalue weighted by molar-refractivity contribution is 6.09. The summed E-state index contributed by atoms with van der Waals surface area (Å²) in [5.41, 5.74) is 4.77. The van der Waals surface area contributed by atoms with E-state index in [1.54, 1.807) is 29.2 Å². The van der Waals surface area contributed by atoms with Gasteiger partial charge in [-0.05, 0) is 37.0 Å². The van der Waals surface area contributed by atoms with Crippen LogP contribution in [-0.4, -0.2) is 26.5 Å². The molecule has 0 radical (unpaired) electrons. The van der Waals surface area contributed by atoms with Crippen LogP contribution in [0.4, 0.5) is 5.82 Å². The van der Waals surface area contributed by atoms with Crippen LogP contribution < -0.4 is 10.6 Å². The first-order valence-electron chi connectivity index (χ1n) is 11.0. The van der Waals surface area contributed by atoms with E-state index in [1.165, 1.54) is 0 Å². The highest BCUT2D eigenvalue weighted by atomic mass is 16.2. The van der Waals surface area contributed by atoms with E-state index in [2.05, 4.69) is 32.8 Å². The number of carbonyl (C=O) groups is 2. The summed E-state index contributed by atoms with van der Waals surface area (Å²) >= 11 is 0. The number of aromatic nitrogens is 3. The standard InChI is InChI=1S/C26H25N5O2/c1-16-23(26(33)30-22-10-6-7-11-27-22)24(19-14-28-31(2)15-19)25-20(29-16)12-18(13-21(25)32)17-8-4-3-5-9-17/h3-11,14-15,18,24,29H,12-13H2,1-2H3,(H,27,30,33)/t18-,24-/m0/s1. The minimum absolute atomic E-state index is 0.0575. The summed E-state index contributed by atoms with van der Waals surface area (Å²) in [4.78, 5) is 31.2. The van der Waals surface area contributed by atoms with Crippen LogP contribution in [0.3, 0.4) is 0 Å². The number of aryl methyl sites for hydroxylation is 1. The topological polar surface area (TPSA) is 88.9 Å². The number of pyridine rings is 1. The number of nitrogens with zero attached hydrogens (tertiary/aromatic N) is 3. The zero-order chi connectivity index (χ0) is 22.9. The SMILES string of the molecule is CC1=C(C(=O)Nc2ccccn2)[C@H](c2cnn(C)c2)C2=C(C[C@H](c3ccccc3)CC2=O)N1. The largest absolute Gasteiger partial charge is 0.362 e. The van der Waals surface area contributed by atoms with E-state index in [0.29, 0.717) is 29.8 Å². The third kappa shape index (κ3) is 3.98. The lowest BCUT2D eigenvalue weighted by atomic mass is 9.72. The average Bonchev–Trinajstić information content (AvgIpc) is 3.25. The second-order valence-corrected chi connectivity index (χ2v) is 8.54. The van der Waals surface area contributed by atoms with Gasteiger partial charge in [0.2, 0.25) is 0 Å². The van der Waals surface area contributed by atoms with Crippen molar-refractivity contribution in [1.29, 1.82) is 0 Å². The molecule has 3 heterocycles. The molecule has 1 aliphatic heterocycles. The molecule has 3 aromatic rings. The molecule has 2 aliphatic rings. The van der Waals surface area contributed by atoms with Gasteiger partial charge in [-0.3, -0.25) is 14.3 Å². The van der Waals surface area contributed by atoms with Gasteiger partial charge in [0.05, 0.1) is 6.20 Å². The maximum absolute atomic E-state index is 13.5. The molecule has 7 nitrogen and oxygen atoms in total. The number of Topliss-reactive ketones (excluding diaryl/α,β-unsaturated/α-hetero) is 1. The predicted octanol–water partition coefficient (Wildman–Crippen LogP) is 3.82. The third-order valence-corrected chi connectivity index (χ3v) is 6.31. The second-order valence-electron chi connectivity index (χ2n) is 8.54. The van der Waals surface area contributed by atoms with Gasteiger partial charge in [-0.2, -0.15) is 5.10 Å². The molecule has 7 heteroatoms. The third-order valence-electron chi connectivity index (χ3n) is 6.31. The van der Waals surface area contributed by atoms with Gasteiger partial charge in [-0.1, -0.05) is 36.4 Å². The predicted molar refractivity (Wildman–Crippen MR) is 125 cm³/mol. The van der Waals surface area contributed by atoms with Gasteiger partial charge in [0.15, 0.2) is 5.78 Å². The molecular formula is C26H25N5O2. The van der Waals surface area contributed by atoms with Gasteiger partial charge in [-0.25, -0.2) is 4.98 Å². The molecule has 166 valence electrons. The van der Waals surface area contributed by atoms with E-state index in [9.17, 15) is 9.59 Å². The van der Waals surface area contributed by atoms with Gasteiger partial charge in [0.25, 0.3) is 5.91 Å². The van der Waals surface area contributed by atoms with Crippen LogP contribution in [0.5, 0.6) is 0 Å². The molecule has 5 rings (SSSR count). The fourth-order valence-electron chi connectivity index (χ4n) is 4.84. The lowest BCUT2D eigenvalue weighted by Crippen LogP contribution is -2.37. The minimum atomic E-state index is -0.483. The molecule has 0 unspecified atom stereocenters. The summed E-state index contributed by atoms with van der Waals surface area (Å²) < 4.78 is 1.70. The average molecular weight is 440 g/mol. The van der Waals surface area contributed by atoms with E-state index in [4.69, 9.17) is 0 Å². The summed E-state index contributed by atoms with van der Waals surface area (Å²) in [7, 11) is 1.83. The van der Waals surface area contributed by atoms with E-state index >= 15 is 0 Å². The zero-order valence-corrected chi connectivity index (χ0v) is 18.6. The van der Waals surface area contributed by atoms with Crippen LogP contribution in [0, 0.1) is 0 Å². The number of nitrogens with one attached hydrogen (secondary N) is 2. The molecule has 0 saturated heterocycles. The van der Waals surface area contributed by atoms with E-state index in [-0.39, 0.29) is 17.6 Å². The highest BCUT2D eigenvalue weighted by Crippen LogP contribution is 2.45.